The number of benzene rings is 1. The molecule has 0 spiro atoms. The lowest BCUT2D eigenvalue weighted by Gasteiger charge is -2.28. The SMILES string of the molecule is Cc1cnc(C)c(-c2cc(O)c3c(c2)CN(C(=O)[C@H]2CCCCO2)CCO3)n1. The van der Waals surface area contributed by atoms with E-state index in [1.54, 1.807) is 17.2 Å². The number of amides is 1. The fraction of sp³-hybridized carbons (Fsp3) is 0.476. The van der Waals surface area contributed by atoms with E-state index in [1.165, 1.54) is 0 Å². The van der Waals surface area contributed by atoms with Gasteiger partial charge in [-0.25, -0.2) is 4.98 Å². The Hall–Kier alpha value is -2.67. The lowest BCUT2D eigenvalue weighted by atomic mass is 10.0. The summed E-state index contributed by atoms with van der Waals surface area (Å²) in [5, 5.41) is 10.6. The number of carbonyl (C=O) groups excluding carboxylic acids is 1. The Morgan fingerprint density at radius 3 is 2.89 bits per heavy atom. The van der Waals surface area contributed by atoms with Crippen LogP contribution in [0.4, 0.5) is 0 Å². The van der Waals surface area contributed by atoms with Crippen LogP contribution in [0.25, 0.3) is 11.3 Å². The maximum absolute atomic E-state index is 12.9. The van der Waals surface area contributed by atoms with E-state index in [9.17, 15) is 9.90 Å². The first kappa shape index (κ1) is 18.7. The first-order chi connectivity index (χ1) is 13.5. The monoisotopic (exact) mass is 383 g/mol. The van der Waals surface area contributed by atoms with E-state index < -0.39 is 0 Å². The quantitative estimate of drug-likeness (QED) is 0.858. The highest BCUT2D eigenvalue weighted by Gasteiger charge is 2.30. The molecule has 4 rings (SSSR count). The number of aryl methyl sites for hydroxylation is 2. The van der Waals surface area contributed by atoms with Crippen molar-refractivity contribution in [1.82, 2.24) is 14.9 Å². The number of ether oxygens (including phenoxy) is 2. The van der Waals surface area contributed by atoms with Crippen molar-refractivity contribution in [2.24, 2.45) is 0 Å². The van der Waals surface area contributed by atoms with Gasteiger partial charge in [0.25, 0.3) is 5.91 Å². The molecule has 1 fully saturated rings. The van der Waals surface area contributed by atoms with Crippen LogP contribution in [-0.2, 0) is 16.1 Å². The van der Waals surface area contributed by atoms with Gasteiger partial charge in [0.05, 0.1) is 23.6 Å². The number of phenolic OH excluding ortho intramolecular Hbond substituents is 1. The van der Waals surface area contributed by atoms with Gasteiger partial charge in [0.15, 0.2) is 11.5 Å². The van der Waals surface area contributed by atoms with Gasteiger partial charge in [-0.2, -0.15) is 0 Å². The average molecular weight is 383 g/mol. The molecule has 1 amide bonds. The van der Waals surface area contributed by atoms with E-state index in [2.05, 4.69) is 9.97 Å². The molecular formula is C21H25N3O4. The van der Waals surface area contributed by atoms with Gasteiger partial charge in [-0.15, -0.1) is 0 Å². The molecule has 1 aromatic carbocycles. The van der Waals surface area contributed by atoms with Crippen LogP contribution in [0.5, 0.6) is 11.5 Å². The molecule has 1 atom stereocenters. The van der Waals surface area contributed by atoms with Crippen LogP contribution in [0.1, 0.15) is 36.2 Å². The summed E-state index contributed by atoms with van der Waals surface area (Å²) in [6.07, 6.45) is 4.11. The lowest BCUT2D eigenvalue weighted by Crippen LogP contribution is -2.42. The van der Waals surface area contributed by atoms with E-state index >= 15 is 0 Å². The summed E-state index contributed by atoms with van der Waals surface area (Å²) in [5.74, 6) is 0.480. The number of carbonyl (C=O) groups is 1. The summed E-state index contributed by atoms with van der Waals surface area (Å²) in [6.45, 7) is 5.57. The van der Waals surface area contributed by atoms with Crippen LogP contribution in [0.3, 0.4) is 0 Å². The molecule has 0 aliphatic carbocycles. The van der Waals surface area contributed by atoms with Crippen molar-refractivity contribution < 1.29 is 19.4 Å². The third kappa shape index (κ3) is 3.67. The second kappa shape index (κ2) is 7.75. The Morgan fingerprint density at radius 1 is 1.25 bits per heavy atom. The summed E-state index contributed by atoms with van der Waals surface area (Å²) < 4.78 is 11.4. The Bertz CT molecular complexity index is 893. The second-order valence-corrected chi connectivity index (χ2v) is 7.39. The molecule has 1 N–H and O–H groups in total. The molecule has 2 aromatic rings. The average Bonchev–Trinajstić information content (AvgIpc) is 2.93. The number of fused-ring (bicyclic) bond motifs is 1. The zero-order chi connectivity index (χ0) is 19.7. The molecule has 0 unspecified atom stereocenters. The van der Waals surface area contributed by atoms with E-state index in [0.717, 1.165) is 47.5 Å². The van der Waals surface area contributed by atoms with Crippen molar-refractivity contribution in [1.29, 1.82) is 0 Å². The van der Waals surface area contributed by atoms with Crippen LogP contribution in [0, 0.1) is 13.8 Å². The highest BCUT2D eigenvalue weighted by Crippen LogP contribution is 2.38. The van der Waals surface area contributed by atoms with Crippen molar-refractivity contribution in [3.05, 3.63) is 35.3 Å². The fourth-order valence-corrected chi connectivity index (χ4v) is 3.77. The Morgan fingerprint density at radius 2 is 2.11 bits per heavy atom. The summed E-state index contributed by atoms with van der Waals surface area (Å²) in [6, 6.07) is 3.58. The minimum absolute atomic E-state index is 0.00688. The van der Waals surface area contributed by atoms with Crippen LogP contribution in [0.2, 0.25) is 0 Å². The van der Waals surface area contributed by atoms with Crippen molar-refractivity contribution in [3.8, 4) is 22.8 Å². The number of aromatic nitrogens is 2. The van der Waals surface area contributed by atoms with Gasteiger partial charge >= 0.3 is 0 Å². The van der Waals surface area contributed by atoms with Gasteiger partial charge in [-0.3, -0.25) is 9.78 Å². The van der Waals surface area contributed by atoms with Crippen molar-refractivity contribution in [2.75, 3.05) is 19.8 Å². The molecular weight excluding hydrogens is 358 g/mol. The maximum atomic E-state index is 12.9. The highest BCUT2D eigenvalue weighted by molar-refractivity contribution is 5.81. The second-order valence-electron chi connectivity index (χ2n) is 7.39. The van der Waals surface area contributed by atoms with Gasteiger partial charge in [0.2, 0.25) is 0 Å². The molecule has 2 aliphatic rings. The molecule has 7 heteroatoms. The molecule has 0 radical (unpaired) electrons. The number of hydrogen-bond donors (Lipinski definition) is 1. The topological polar surface area (TPSA) is 84.8 Å². The van der Waals surface area contributed by atoms with Gasteiger partial charge in [-0.05, 0) is 45.2 Å². The lowest BCUT2D eigenvalue weighted by molar-refractivity contribution is -0.147. The minimum Gasteiger partial charge on any atom is -0.504 e. The van der Waals surface area contributed by atoms with E-state index in [4.69, 9.17) is 9.47 Å². The molecule has 1 saturated heterocycles. The van der Waals surface area contributed by atoms with Gasteiger partial charge in [0.1, 0.15) is 12.7 Å². The summed E-state index contributed by atoms with van der Waals surface area (Å²) in [5.41, 5.74) is 3.83. The molecule has 0 saturated carbocycles. The Balaban J connectivity index is 1.66. The summed E-state index contributed by atoms with van der Waals surface area (Å²) in [4.78, 5) is 23.6. The smallest absolute Gasteiger partial charge is 0.252 e. The standard InChI is InChI=1S/C21H25N3O4/c1-13-11-22-14(2)19(23-13)15-9-16-12-24(6-8-28-20(16)17(25)10-15)21(26)18-5-3-4-7-27-18/h9-11,18,25H,3-8,12H2,1-2H3/t18-/m1/s1. The van der Waals surface area contributed by atoms with Crippen LogP contribution in [-0.4, -0.2) is 51.7 Å². The molecule has 0 bridgehead atoms. The van der Waals surface area contributed by atoms with Crippen molar-refractivity contribution in [3.63, 3.8) is 0 Å². The first-order valence-electron chi connectivity index (χ1n) is 9.72. The van der Waals surface area contributed by atoms with Crippen LogP contribution < -0.4 is 4.74 Å². The summed E-state index contributed by atoms with van der Waals surface area (Å²) >= 11 is 0. The molecule has 28 heavy (non-hydrogen) atoms. The van der Waals surface area contributed by atoms with Crippen molar-refractivity contribution >= 4 is 5.91 Å². The first-order valence-corrected chi connectivity index (χ1v) is 9.72. The van der Waals surface area contributed by atoms with E-state index in [1.807, 2.05) is 19.9 Å². The zero-order valence-corrected chi connectivity index (χ0v) is 16.3. The molecule has 148 valence electrons. The predicted molar refractivity (Wildman–Crippen MR) is 103 cm³/mol. The minimum atomic E-state index is -0.378. The van der Waals surface area contributed by atoms with Gasteiger partial charge in [0, 0.05) is 30.5 Å². The number of rotatable bonds is 2. The van der Waals surface area contributed by atoms with Gasteiger partial charge < -0.3 is 19.5 Å². The molecule has 2 aliphatic heterocycles. The highest BCUT2D eigenvalue weighted by atomic mass is 16.5. The largest absolute Gasteiger partial charge is 0.504 e. The number of phenols is 1. The maximum Gasteiger partial charge on any atom is 0.252 e. The fourth-order valence-electron chi connectivity index (χ4n) is 3.77. The molecule has 3 heterocycles. The van der Waals surface area contributed by atoms with Crippen molar-refractivity contribution in [2.45, 2.75) is 45.8 Å². The Labute approximate surface area is 164 Å². The van der Waals surface area contributed by atoms with Crippen LogP contribution >= 0.6 is 0 Å². The summed E-state index contributed by atoms with van der Waals surface area (Å²) in [7, 11) is 0. The Kier molecular flexibility index (Phi) is 5.17. The van der Waals surface area contributed by atoms with Gasteiger partial charge in [-0.1, -0.05) is 0 Å². The number of nitrogens with zero attached hydrogens (tertiary/aromatic N) is 3. The third-order valence-corrected chi connectivity index (χ3v) is 5.23. The predicted octanol–water partition coefficient (Wildman–Crippen LogP) is 2.76. The number of hydrogen-bond acceptors (Lipinski definition) is 6. The molecule has 7 nitrogen and oxygen atoms in total. The third-order valence-electron chi connectivity index (χ3n) is 5.23. The van der Waals surface area contributed by atoms with Crippen LogP contribution in [0.15, 0.2) is 18.3 Å². The van der Waals surface area contributed by atoms with E-state index in [0.29, 0.717) is 32.1 Å². The number of aromatic hydroxyl groups is 1. The zero-order valence-electron chi connectivity index (χ0n) is 16.3. The normalized spacial score (nSPS) is 19.5. The molecule has 1 aromatic heterocycles. The van der Waals surface area contributed by atoms with E-state index in [-0.39, 0.29) is 17.8 Å².